The van der Waals surface area contributed by atoms with Crippen molar-refractivity contribution >= 4 is 52.1 Å². The predicted octanol–water partition coefficient (Wildman–Crippen LogP) is 5.42. The summed E-state index contributed by atoms with van der Waals surface area (Å²) in [5.74, 6) is 0.471. The van der Waals surface area contributed by atoms with Gasteiger partial charge in [-0.1, -0.05) is 32.4 Å². The van der Waals surface area contributed by atoms with Gasteiger partial charge in [-0.25, -0.2) is 0 Å². The van der Waals surface area contributed by atoms with Crippen LogP contribution in [0, 0.1) is 5.41 Å². The second-order valence-corrected chi connectivity index (χ2v) is 10.5. The third-order valence-corrected chi connectivity index (χ3v) is 6.34. The molecule has 1 aliphatic heterocycles. The Morgan fingerprint density at radius 3 is 2.17 bits per heavy atom. The van der Waals surface area contributed by atoms with Crippen molar-refractivity contribution in [2.75, 3.05) is 36.4 Å². The zero-order valence-corrected chi connectivity index (χ0v) is 22.1. The van der Waals surface area contributed by atoms with Crippen LogP contribution in [0.5, 0.6) is 0 Å². The SMILES string of the molecule is CC(C)(C)C(=O)N1CCN(c2ccc(NC(=S)NC(=O)c3ccc(-c4ccc(Cl)cc4)o3)cc2)CC1. The van der Waals surface area contributed by atoms with E-state index in [0.29, 0.717) is 23.9 Å². The number of benzene rings is 2. The number of carbonyl (C=O) groups is 2. The summed E-state index contributed by atoms with van der Waals surface area (Å²) < 4.78 is 5.67. The van der Waals surface area contributed by atoms with Crippen LogP contribution in [0.2, 0.25) is 5.02 Å². The molecule has 2 aromatic carbocycles. The summed E-state index contributed by atoms with van der Waals surface area (Å²) >= 11 is 11.2. The molecule has 1 saturated heterocycles. The third-order valence-electron chi connectivity index (χ3n) is 5.88. The molecule has 0 atom stereocenters. The molecular weight excluding hydrogens is 496 g/mol. The lowest BCUT2D eigenvalue weighted by atomic mass is 9.94. The fourth-order valence-electron chi connectivity index (χ4n) is 3.95. The lowest BCUT2D eigenvalue weighted by Gasteiger charge is -2.38. The first-order valence-corrected chi connectivity index (χ1v) is 12.5. The molecule has 1 aliphatic rings. The second kappa shape index (κ2) is 10.7. The molecule has 7 nitrogen and oxygen atoms in total. The lowest BCUT2D eigenvalue weighted by Crippen LogP contribution is -2.51. The Morgan fingerprint density at radius 1 is 0.917 bits per heavy atom. The molecule has 0 aliphatic carbocycles. The van der Waals surface area contributed by atoms with E-state index in [2.05, 4.69) is 15.5 Å². The fraction of sp³-hybridized carbons (Fsp3) is 0.296. The Hall–Kier alpha value is -3.36. The number of thiocarbonyl (C=S) groups is 1. The van der Waals surface area contributed by atoms with Crippen LogP contribution in [0.4, 0.5) is 11.4 Å². The minimum absolute atomic E-state index is 0.156. The maximum Gasteiger partial charge on any atom is 0.293 e. The molecule has 2 amide bonds. The molecule has 0 saturated carbocycles. The molecule has 188 valence electrons. The third kappa shape index (κ3) is 6.25. The second-order valence-electron chi connectivity index (χ2n) is 9.66. The largest absolute Gasteiger partial charge is 0.451 e. The van der Waals surface area contributed by atoms with E-state index in [1.165, 1.54) is 0 Å². The molecule has 0 spiro atoms. The topological polar surface area (TPSA) is 77.8 Å². The number of halogens is 1. The highest BCUT2D eigenvalue weighted by atomic mass is 35.5. The molecule has 9 heteroatoms. The smallest absolute Gasteiger partial charge is 0.293 e. The molecule has 3 aromatic rings. The standard InChI is InChI=1S/C27H29ClN4O3S/c1-27(2,3)25(34)32-16-14-31(15-17-32)21-10-8-20(9-11-21)29-26(36)30-24(33)23-13-12-22(35-23)18-4-6-19(28)7-5-18/h4-13H,14-17H2,1-3H3,(H2,29,30,33,36). The Kier molecular flexibility index (Phi) is 7.66. The van der Waals surface area contributed by atoms with Gasteiger partial charge < -0.3 is 19.5 Å². The van der Waals surface area contributed by atoms with Crippen molar-refractivity contribution in [1.29, 1.82) is 0 Å². The number of rotatable bonds is 4. The summed E-state index contributed by atoms with van der Waals surface area (Å²) in [4.78, 5) is 29.2. The summed E-state index contributed by atoms with van der Waals surface area (Å²) in [5.41, 5.74) is 2.29. The van der Waals surface area contributed by atoms with Crippen LogP contribution in [0.15, 0.2) is 65.1 Å². The number of nitrogens with zero attached hydrogens (tertiary/aromatic N) is 2. The number of nitrogens with one attached hydrogen (secondary N) is 2. The zero-order chi connectivity index (χ0) is 25.9. The highest BCUT2D eigenvalue weighted by Crippen LogP contribution is 2.25. The van der Waals surface area contributed by atoms with Crippen LogP contribution in [-0.2, 0) is 4.79 Å². The number of carbonyl (C=O) groups excluding carboxylic acids is 2. The highest BCUT2D eigenvalue weighted by molar-refractivity contribution is 7.80. The first-order chi connectivity index (χ1) is 17.1. The van der Waals surface area contributed by atoms with Gasteiger partial charge in [0.1, 0.15) is 5.76 Å². The first-order valence-electron chi connectivity index (χ1n) is 11.7. The molecule has 2 heterocycles. The molecule has 4 rings (SSSR count). The zero-order valence-electron chi connectivity index (χ0n) is 20.5. The molecule has 0 unspecified atom stereocenters. The van der Waals surface area contributed by atoms with Crippen LogP contribution in [0.25, 0.3) is 11.3 Å². The van der Waals surface area contributed by atoms with Gasteiger partial charge in [-0.15, -0.1) is 0 Å². The van der Waals surface area contributed by atoms with Crippen LogP contribution in [-0.4, -0.2) is 48.0 Å². The minimum atomic E-state index is -0.438. The first kappa shape index (κ1) is 25.7. The van der Waals surface area contributed by atoms with E-state index < -0.39 is 5.91 Å². The Balaban J connectivity index is 1.28. The van der Waals surface area contributed by atoms with Crippen molar-refractivity contribution in [3.63, 3.8) is 0 Å². The normalized spacial score (nSPS) is 13.9. The summed E-state index contributed by atoms with van der Waals surface area (Å²) in [6.07, 6.45) is 0. The molecule has 1 fully saturated rings. The molecular formula is C27H29ClN4O3S. The minimum Gasteiger partial charge on any atom is -0.451 e. The van der Waals surface area contributed by atoms with Crippen molar-refractivity contribution in [2.45, 2.75) is 20.8 Å². The van der Waals surface area contributed by atoms with E-state index in [-0.39, 0.29) is 22.2 Å². The van der Waals surface area contributed by atoms with Crippen molar-refractivity contribution in [3.8, 4) is 11.3 Å². The number of anilines is 2. The van der Waals surface area contributed by atoms with Crippen molar-refractivity contribution in [3.05, 3.63) is 71.4 Å². The summed E-state index contributed by atoms with van der Waals surface area (Å²) in [7, 11) is 0. The van der Waals surface area contributed by atoms with Gasteiger partial charge in [0.15, 0.2) is 10.9 Å². The van der Waals surface area contributed by atoms with Gasteiger partial charge in [-0.3, -0.25) is 14.9 Å². The number of amides is 2. The van der Waals surface area contributed by atoms with Crippen molar-refractivity contribution in [1.82, 2.24) is 10.2 Å². The van der Waals surface area contributed by atoms with Crippen molar-refractivity contribution < 1.29 is 14.0 Å². The van der Waals surface area contributed by atoms with Crippen LogP contribution >= 0.6 is 23.8 Å². The van der Waals surface area contributed by atoms with Gasteiger partial charge in [0, 0.05) is 53.6 Å². The maximum absolute atomic E-state index is 12.6. The Morgan fingerprint density at radius 2 is 1.56 bits per heavy atom. The highest BCUT2D eigenvalue weighted by Gasteiger charge is 2.29. The van der Waals surface area contributed by atoms with Gasteiger partial charge in [-0.2, -0.15) is 0 Å². The number of furan rings is 1. The summed E-state index contributed by atoms with van der Waals surface area (Å²) in [5, 5.41) is 6.47. The molecule has 0 radical (unpaired) electrons. The Labute approximate surface area is 221 Å². The van der Waals surface area contributed by atoms with Gasteiger partial charge in [0.05, 0.1) is 0 Å². The monoisotopic (exact) mass is 524 g/mol. The number of hydrogen-bond donors (Lipinski definition) is 2. The average molecular weight is 525 g/mol. The number of hydrogen-bond acceptors (Lipinski definition) is 5. The van der Waals surface area contributed by atoms with Gasteiger partial charge in [-0.05, 0) is 72.9 Å². The quantitative estimate of drug-likeness (QED) is 0.444. The van der Waals surface area contributed by atoms with E-state index in [0.717, 1.165) is 30.0 Å². The Bertz CT molecular complexity index is 1240. The van der Waals surface area contributed by atoms with E-state index in [9.17, 15) is 9.59 Å². The van der Waals surface area contributed by atoms with E-state index in [4.69, 9.17) is 28.2 Å². The van der Waals surface area contributed by atoms with Gasteiger partial charge >= 0.3 is 0 Å². The average Bonchev–Trinajstić information content (AvgIpc) is 3.35. The van der Waals surface area contributed by atoms with Gasteiger partial charge in [0.2, 0.25) is 5.91 Å². The summed E-state index contributed by atoms with van der Waals surface area (Å²) in [6, 6.07) is 18.3. The molecule has 36 heavy (non-hydrogen) atoms. The lowest BCUT2D eigenvalue weighted by molar-refractivity contribution is -0.139. The van der Waals surface area contributed by atoms with Gasteiger partial charge in [0.25, 0.3) is 5.91 Å². The van der Waals surface area contributed by atoms with E-state index in [1.54, 1.807) is 24.3 Å². The van der Waals surface area contributed by atoms with Crippen molar-refractivity contribution in [2.24, 2.45) is 5.41 Å². The predicted molar refractivity (Wildman–Crippen MR) is 148 cm³/mol. The van der Waals surface area contributed by atoms with Crippen LogP contribution in [0.3, 0.4) is 0 Å². The maximum atomic E-state index is 12.6. The van der Waals surface area contributed by atoms with Crippen LogP contribution < -0.4 is 15.5 Å². The fourth-order valence-corrected chi connectivity index (χ4v) is 4.29. The summed E-state index contributed by atoms with van der Waals surface area (Å²) in [6.45, 7) is 8.83. The van der Waals surface area contributed by atoms with E-state index >= 15 is 0 Å². The molecule has 0 bridgehead atoms. The van der Waals surface area contributed by atoms with Crippen LogP contribution in [0.1, 0.15) is 31.3 Å². The molecule has 2 N–H and O–H groups in total. The molecule has 1 aromatic heterocycles. The van der Waals surface area contributed by atoms with E-state index in [1.807, 2.05) is 62.1 Å². The number of piperazine rings is 1.